The summed E-state index contributed by atoms with van der Waals surface area (Å²) >= 11 is 5.85. The highest BCUT2D eigenvalue weighted by Gasteiger charge is 2.31. The van der Waals surface area contributed by atoms with Gasteiger partial charge in [-0.15, -0.1) is 13.2 Å². The minimum Gasteiger partial charge on any atom is -0.406 e. The molecule has 0 saturated carbocycles. The number of aliphatic hydroxyl groups excluding tert-OH is 1. The average Bonchev–Trinajstić information content (AvgIpc) is 2.39. The SMILES string of the molecule is OC(c1cccc(OC(F)(F)F)c1)c1cc(F)ccc1Cl. The number of rotatable bonds is 3. The van der Waals surface area contributed by atoms with E-state index < -0.39 is 24.0 Å². The standard InChI is InChI=1S/C14H9ClF4O2/c15-12-5-4-9(16)7-11(12)13(20)8-2-1-3-10(6-8)21-14(17,18)19/h1-7,13,20H. The van der Waals surface area contributed by atoms with E-state index in [1.54, 1.807) is 0 Å². The second-order valence-corrected chi connectivity index (χ2v) is 4.60. The highest BCUT2D eigenvalue weighted by atomic mass is 35.5. The molecule has 7 heteroatoms. The molecular weight excluding hydrogens is 312 g/mol. The molecule has 0 heterocycles. The molecular formula is C14H9ClF4O2. The summed E-state index contributed by atoms with van der Waals surface area (Å²) in [6.07, 6.45) is -6.20. The minimum atomic E-state index is -4.83. The maximum Gasteiger partial charge on any atom is 0.573 e. The van der Waals surface area contributed by atoms with E-state index in [-0.39, 0.29) is 16.1 Å². The Morgan fingerprint density at radius 1 is 1.10 bits per heavy atom. The Balaban J connectivity index is 2.33. The highest BCUT2D eigenvalue weighted by Crippen LogP contribution is 2.31. The van der Waals surface area contributed by atoms with Gasteiger partial charge in [-0.25, -0.2) is 4.39 Å². The third kappa shape index (κ3) is 4.09. The first kappa shape index (κ1) is 15.6. The van der Waals surface area contributed by atoms with E-state index in [4.69, 9.17) is 11.6 Å². The maximum absolute atomic E-state index is 13.2. The number of benzene rings is 2. The normalized spacial score (nSPS) is 13.0. The van der Waals surface area contributed by atoms with Gasteiger partial charge >= 0.3 is 6.36 Å². The molecule has 0 aromatic heterocycles. The molecule has 1 unspecified atom stereocenters. The van der Waals surface area contributed by atoms with Crippen LogP contribution in [-0.2, 0) is 0 Å². The zero-order valence-electron chi connectivity index (χ0n) is 10.4. The summed E-state index contributed by atoms with van der Waals surface area (Å²) in [7, 11) is 0. The zero-order chi connectivity index (χ0) is 15.6. The predicted molar refractivity (Wildman–Crippen MR) is 68.6 cm³/mol. The van der Waals surface area contributed by atoms with E-state index >= 15 is 0 Å². The first-order valence-corrected chi connectivity index (χ1v) is 6.13. The summed E-state index contributed by atoms with van der Waals surface area (Å²) in [5.41, 5.74) is 0.157. The highest BCUT2D eigenvalue weighted by molar-refractivity contribution is 6.31. The molecule has 2 rings (SSSR count). The van der Waals surface area contributed by atoms with Gasteiger partial charge in [0, 0.05) is 10.6 Å². The van der Waals surface area contributed by atoms with E-state index in [0.717, 1.165) is 24.3 Å². The van der Waals surface area contributed by atoms with Gasteiger partial charge in [-0.3, -0.25) is 0 Å². The fourth-order valence-electron chi connectivity index (χ4n) is 1.79. The summed E-state index contributed by atoms with van der Waals surface area (Å²) in [5.74, 6) is -1.09. The topological polar surface area (TPSA) is 29.5 Å². The van der Waals surface area contributed by atoms with Crippen molar-refractivity contribution in [3.8, 4) is 5.75 Å². The Labute approximate surface area is 122 Å². The zero-order valence-corrected chi connectivity index (χ0v) is 11.1. The third-order valence-corrected chi connectivity index (χ3v) is 3.00. The van der Waals surface area contributed by atoms with Gasteiger partial charge in [0.05, 0.1) is 0 Å². The monoisotopic (exact) mass is 320 g/mol. The average molecular weight is 321 g/mol. The van der Waals surface area contributed by atoms with Crippen molar-refractivity contribution in [3.05, 3.63) is 64.4 Å². The van der Waals surface area contributed by atoms with E-state index in [1.165, 1.54) is 18.2 Å². The lowest BCUT2D eigenvalue weighted by Crippen LogP contribution is -2.17. The molecule has 2 aromatic rings. The van der Waals surface area contributed by atoms with Crippen LogP contribution in [0.3, 0.4) is 0 Å². The van der Waals surface area contributed by atoms with Crippen LogP contribution >= 0.6 is 11.6 Å². The van der Waals surface area contributed by atoms with Crippen molar-refractivity contribution in [2.24, 2.45) is 0 Å². The van der Waals surface area contributed by atoms with Crippen LogP contribution in [0.2, 0.25) is 5.02 Å². The molecule has 0 aliphatic rings. The molecule has 0 fully saturated rings. The van der Waals surface area contributed by atoms with Crippen molar-refractivity contribution in [2.75, 3.05) is 0 Å². The van der Waals surface area contributed by atoms with E-state index in [2.05, 4.69) is 4.74 Å². The van der Waals surface area contributed by atoms with Gasteiger partial charge in [-0.05, 0) is 35.9 Å². The molecule has 0 aliphatic heterocycles. The molecule has 0 spiro atoms. The summed E-state index contributed by atoms with van der Waals surface area (Å²) in [5, 5.41) is 10.2. The van der Waals surface area contributed by atoms with Crippen molar-refractivity contribution < 1.29 is 27.4 Å². The molecule has 0 amide bonds. The van der Waals surface area contributed by atoms with Gasteiger partial charge in [-0.2, -0.15) is 0 Å². The number of hydrogen-bond donors (Lipinski definition) is 1. The van der Waals surface area contributed by atoms with E-state index in [0.29, 0.717) is 0 Å². The lowest BCUT2D eigenvalue weighted by atomic mass is 10.0. The number of ether oxygens (including phenoxy) is 1. The van der Waals surface area contributed by atoms with Gasteiger partial charge in [0.2, 0.25) is 0 Å². The van der Waals surface area contributed by atoms with Crippen molar-refractivity contribution in [1.82, 2.24) is 0 Å². The predicted octanol–water partition coefficient (Wildman–Crippen LogP) is 4.46. The molecule has 0 aliphatic carbocycles. The van der Waals surface area contributed by atoms with Gasteiger partial charge in [-0.1, -0.05) is 23.7 Å². The molecule has 1 N–H and O–H groups in total. The van der Waals surface area contributed by atoms with Crippen LogP contribution in [0.25, 0.3) is 0 Å². The van der Waals surface area contributed by atoms with Gasteiger partial charge in [0.25, 0.3) is 0 Å². The Morgan fingerprint density at radius 2 is 1.81 bits per heavy atom. The first-order chi connectivity index (χ1) is 9.76. The lowest BCUT2D eigenvalue weighted by molar-refractivity contribution is -0.274. The fraction of sp³-hybridized carbons (Fsp3) is 0.143. The Bertz CT molecular complexity index is 643. The molecule has 1 atom stereocenters. The molecule has 0 radical (unpaired) electrons. The van der Waals surface area contributed by atoms with E-state index in [1.807, 2.05) is 0 Å². The van der Waals surface area contributed by atoms with Crippen LogP contribution in [0.1, 0.15) is 17.2 Å². The van der Waals surface area contributed by atoms with Crippen LogP contribution in [0.4, 0.5) is 17.6 Å². The van der Waals surface area contributed by atoms with Gasteiger partial charge < -0.3 is 9.84 Å². The van der Waals surface area contributed by atoms with Crippen molar-refractivity contribution in [3.63, 3.8) is 0 Å². The smallest absolute Gasteiger partial charge is 0.406 e. The quantitative estimate of drug-likeness (QED) is 0.846. The number of alkyl halides is 3. The summed E-state index contributed by atoms with van der Waals surface area (Å²) < 4.78 is 53.4. The Hall–Kier alpha value is -1.79. The Morgan fingerprint density at radius 3 is 2.48 bits per heavy atom. The van der Waals surface area contributed by atoms with Crippen LogP contribution in [0, 0.1) is 5.82 Å². The molecule has 2 nitrogen and oxygen atoms in total. The molecule has 112 valence electrons. The largest absolute Gasteiger partial charge is 0.573 e. The Kier molecular flexibility index (Phi) is 4.39. The minimum absolute atomic E-state index is 0.0563. The first-order valence-electron chi connectivity index (χ1n) is 5.75. The number of aliphatic hydroxyl groups is 1. The molecule has 21 heavy (non-hydrogen) atoms. The van der Waals surface area contributed by atoms with Crippen LogP contribution in [0.15, 0.2) is 42.5 Å². The van der Waals surface area contributed by atoms with Crippen molar-refractivity contribution in [2.45, 2.75) is 12.5 Å². The lowest BCUT2D eigenvalue weighted by Gasteiger charge is -2.15. The molecule has 0 bridgehead atoms. The summed E-state index contributed by atoms with van der Waals surface area (Å²) in [6, 6.07) is 8.16. The number of halogens is 5. The molecule has 0 saturated heterocycles. The molecule has 2 aromatic carbocycles. The second kappa shape index (κ2) is 5.91. The maximum atomic E-state index is 13.2. The van der Waals surface area contributed by atoms with Crippen LogP contribution < -0.4 is 4.74 Å². The van der Waals surface area contributed by atoms with Gasteiger partial charge in [0.1, 0.15) is 17.7 Å². The van der Waals surface area contributed by atoms with Crippen molar-refractivity contribution in [1.29, 1.82) is 0 Å². The van der Waals surface area contributed by atoms with Gasteiger partial charge in [0.15, 0.2) is 0 Å². The summed E-state index contributed by atoms with van der Waals surface area (Å²) in [6.45, 7) is 0. The van der Waals surface area contributed by atoms with Crippen LogP contribution in [-0.4, -0.2) is 11.5 Å². The van der Waals surface area contributed by atoms with Crippen LogP contribution in [0.5, 0.6) is 5.75 Å². The third-order valence-electron chi connectivity index (χ3n) is 2.66. The fourth-order valence-corrected chi connectivity index (χ4v) is 2.01. The van der Waals surface area contributed by atoms with E-state index in [9.17, 15) is 22.7 Å². The second-order valence-electron chi connectivity index (χ2n) is 4.19. The number of hydrogen-bond acceptors (Lipinski definition) is 2. The van der Waals surface area contributed by atoms with Crippen molar-refractivity contribution >= 4 is 11.6 Å². The summed E-state index contributed by atoms with van der Waals surface area (Å²) in [4.78, 5) is 0.